The summed E-state index contributed by atoms with van der Waals surface area (Å²) in [5.74, 6) is -0.514. The van der Waals surface area contributed by atoms with E-state index in [0.717, 1.165) is 5.69 Å². The fourth-order valence-corrected chi connectivity index (χ4v) is 1.19. The van der Waals surface area contributed by atoms with E-state index in [4.69, 9.17) is 5.73 Å². The van der Waals surface area contributed by atoms with Crippen LogP contribution < -0.4 is 5.73 Å². The van der Waals surface area contributed by atoms with Crippen LogP contribution in [-0.2, 0) is 0 Å². The monoisotopic (exact) mass is 187 g/mol. The van der Waals surface area contributed by atoms with E-state index < -0.39 is 5.91 Å². The summed E-state index contributed by atoms with van der Waals surface area (Å²) < 4.78 is 1.75. The van der Waals surface area contributed by atoms with Crippen molar-refractivity contribution in [2.75, 3.05) is 0 Å². The van der Waals surface area contributed by atoms with Crippen molar-refractivity contribution in [2.24, 2.45) is 5.73 Å². The Kier molecular flexibility index (Phi) is 2.02. The van der Waals surface area contributed by atoms with Gasteiger partial charge in [-0.2, -0.15) is 0 Å². The highest BCUT2D eigenvalue weighted by atomic mass is 16.1. The van der Waals surface area contributed by atoms with Crippen molar-refractivity contribution in [1.82, 2.24) is 9.55 Å². The fourth-order valence-electron chi connectivity index (χ4n) is 1.19. The number of primary amides is 1. The van der Waals surface area contributed by atoms with Gasteiger partial charge in [-0.3, -0.25) is 4.79 Å². The highest BCUT2D eigenvalue weighted by Gasteiger charge is 2.04. The van der Waals surface area contributed by atoms with Gasteiger partial charge in [-0.1, -0.05) is 18.2 Å². The molecule has 1 aromatic carbocycles. The molecule has 1 heterocycles. The van der Waals surface area contributed by atoms with Crippen LogP contribution in [0.5, 0.6) is 0 Å². The number of imidazole rings is 1. The van der Waals surface area contributed by atoms with Crippen molar-refractivity contribution in [3.8, 4) is 5.69 Å². The maximum atomic E-state index is 10.8. The zero-order valence-corrected chi connectivity index (χ0v) is 7.42. The third-order valence-corrected chi connectivity index (χ3v) is 1.89. The minimum Gasteiger partial charge on any atom is -0.364 e. The molecule has 0 unspecified atom stereocenters. The number of amides is 1. The van der Waals surface area contributed by atoms with Crippen LogP contribution in [0.25, 0.3) is 5.69 Å². The summed E-state index contributed by atoms with van der Waals surface area (Å²) in [7, 11) is 0. The second kappa shape index (κ2) is 3.33. The molecule has 70 valence electrons. The molecule has 14 heavy (non-hydrogen) atoms. The van der Waals surface area contributed by atoms with E-state index in [1.165, 1.54) is 0 Å². The minimum absolute atomic E-state index is 0.272. The third kappa shape index (κ3) is 1.50. The zero-order valence-electron chi connectivity index (χ0n) is 7.42. The Morgan fingerprint density at radius 2 is 2.00 bits per heavy atom. The summed E-state index contributed by atoms with van der Waals surface area (Å²) in [6.45, 7) is 0. The first-order valence-corrected chi connectivity index (χ1v) is 4.16. The maximum absolute atomic E-state index is 10.8. The molecule has 0 radical (unpaired) electrons. The van der Waals surface area contributed by atoms with Crippen LogP contribution in [0.4, 0.5) is 0 Å². The summed E-state index contributed by atoms with van der Waals surface area (Å²) in [5.41, 5.74) is 6.31. The lowest BCUT2D eigenvalue weighted by molar-refractivity contribution is 0.0996. The Bertz CT molecular complexity index is 447. The molecule has 0 aliphatic rings. The van der Waals surface area contributed by atoms with Crippen LogP contribution in [0.3, 0.4) is 0 Å². The Morgan fingerprint density at radius 3 is 2.57 bits per heavy atom. The van der Waals surface area contributed by atoms with Gasteiger partial charge in [0.2, 0.25) is 0 Å². The third-order valence-electron chi connectivity index (χ3n) is 1.89. The van der Waals surface area contributed by atoms with Gasteiger partial charge < -0.3 is 10.3 Å². The molecule has 0 saturated heterocycles. The number of para-hydroxylation sites is 1. The molecule has 2 N–H and O–H groups in total. The molecule has 1 amide bonds. The second-order valence-electron chi connectivity index (χ2n) is 2.87. The molecule has 2 aromatic rings. The van der Waals surface area contributed by atoms with Crippen LogP contribution in [0.15, 0.2) is 42.9 Å². The first-order valence-electron chi connectivity index (χ1n) is 4.16. The van der Waals surface area contributed by atoms with Crippen LogP contribution in [0, 0.1) is 0 Å². The molecule has 0 atom stereocenters. The number of carbonyl (C=O) groups excluding carboxylic acids is 1. The van der Waals surface area contributed by atoms with E-state index in [-0.39, 0.29) is 5.69 Å². The number of rotatable bonds is 2. The van der Waals surface area contributed by atoms with E-state index in [9.17, 15) is 4.79 Å². The number of benzene rings is 1. The SMILES string of the molecule is NC(=O)c1cn(-c2ccccc2)cn1. The highest BCUT2D eigenvalue weighted by molar-refractivity contribution is 5.90. The van der Waals surface area contributed by atoms with Gasteiger partial charge in [0.25, 0.3) is 5.91 Å². The molecule has 2 rings (SSSR count). The number of carbonyl (C=O) groups is 1. The minimum atomic E-state index is -0.514. The molecule has 0 saturated carbocycles. The molecular formula is C10H9N3O. The topological polar surface area (TPSA) is 60.9 Å². The maximum Gasteiger partial charge on any atom is 0.268 e. The average molecular weight is 187 g/mol. The lowest BCUT2D eigenvalue weighted by Crippen LogP contribution is -2.10. The van der Waals surface area contributed by atoms with Gasteiger partial charge in [0.05, 0.1) is 0 Å². The lowest BCUT2D eigenvalue weighted by Gasteiger charge is -1.98. The first kappa shape index (κ1) is 8.50. The standard InChI is InChI=1S/C10H9N3O/c11-10(14)9-6-13(7-12-9)8-4-2-1-3-5-8/h1-7H,(H2,11,14). The molecular weight excluding hydrogens is 178 g/mol. The van der Waals surface area contributed by atoms with Crippen molar-refractivity contribution in [3.63, 3.8) is 0 Å². The van der Waals surface area contributed by atoms with Crippen molar-refractivity contribution >= 4 is 5.91 Å². The molecule has 4 nitrogen and oxygen atoms in total. The number of hydrogen-bond acceptors (Lipinski definition) is 2. The van der Waals surface area contributed by atoms with Crippen molar-refractivity contribution in [3.05, 3.63) is 48.5 Å². The molecule has 0 bridgehead atoms. The van der Waals surface area contributed by atoms with Crippen LogP contribution in [-0.4, -0.2) is 15.5 Å². The number of aromatic nitrogens is 2. The van der Waals surface area contributed by atoms with Crippen molar-refractivity contribution < 1.29 is 4.79 Å². The van der Waals surface area contributed by atoms with Crippen LogP contribution in [0.2, 0.25) is 0 Å². The van der Waals surface area contributed by atoms with Gasteiger partial charge in [-0.15, -0.1) is 0 Å². The smallest absolute Gasteiger partial charge is 0.268 e. The Morgan fingerprint density at radius 1 is 1.29 bits per heavy atom. The van der Waals surface area contributed by atoms with Crippen molar-refractivity contribution in [2.45, 2.75) is 0 Å². The van der Waals surface area contributed by atoms with Gasteiger partial charge in [-0.05, 0) is 12.1 Å². The molecule has 0 aliphatic carbocycles. The Hall–Kier alpha value is -2.10. The Balaban J connectivity index is 2.39. The molecule has 0 fully saturated rings. The fraction of sp³-hybridized carbons (Fsp3) is 0. The van der Waals surface area contributed by atoms with Gasteiger partial charge >= 0.3 is 0 Å². The predicted molar refractivity (Wildman–Crippen MR) is 52.1 cm³/mol. The summed E-state index contributed by atoms with van der Waals surface area (Å²) in [6.07, 6.45) is 3.17. The largest absolute Gasteiger partial charge is 0.364 e. The number of nitrogens with two attached hydrogens (primary N) is 1. The normalized spacial score (nSPS) is 10.0. The summed E-state index contributed by atoms with van der Waals surface area (Å²) in [5, 5.41) is 0. The number of hydrogen-bond donors (Lipinski definition) is 1. The zero-order chi connectivity index (χ0) is 9.97. The van der Waals surface area contributed by atoms with E-state index >= 15 is 0 Å². The van der Waals surface area contributed by atoms with Gasteiger partial charge in [0.15, 0.2) is 0 Å². The lowest BCUT2D eigenvalue weighted by atomic mass is 10.3. The molecule has 0 spiro atoms. The van der Waals surface area contributed by atoms with E-state index in [2.05, 4.69) is 4.98 Å². The molecule has 0 aliphatic heterocycles. The molecule has 4 heteroatoms. The summed E-state index contributed by atoms with van der Waals surface area (Å²) in [6, 6.07) is 9.60. The second-order valence-corrected chi connectivity index (χ2v) is 2.87. The summed E-state index contributed by atoms with van der Waals surface area (Å²) >= 11 is 0. The van der Waals surface area contributed by atoms with E-state index in [0.29, 0.717) is 0 Å². The van der Waals surface area contributed by atoms with Gasteiger partial charge in [0.1, 0.15) is 12.0 Å². The van der Waals surface area contributed by atoms with Crippen LogP contribution >= 0.6 is 0 Å². The van der Waals surface area contributed by atoms with Crippen LogP contribution in [0.1, 0.15) is 10.5 Å². The first-order chi connectivity index (χ1) is 6.77. The van der Waals surface area contributed by atoms with Gasteiger partial charge in [0, 0.05) is 11.9 Å². The van der Waals surface area contributed by atoms with E-state index in [1.807, 2.05) is 30.3 Å². The summed E-state index contributed by atoms with van der Waals surface area (Å²) in [4.78, 5) is 14.7. The van der Waals surface area contributed by atoms with E-state index in [1.54, 1.807) is 17.1 Å². The molecule has 1 aromatic heterocycles. The number of nitrogens with zero attached hydrogens (tertiary/aromatic N) is 2. The van der Waals surface area contributed by atoms with Crippen molar-refractivity contribution in [1.29, 1.82) is 0 Å². The quantitative estimate of drug-likeness (QED) is 0.761. The Labute approximate surface area is 81.0 Å². The highest BCUT2D eigenvalue weighted by Crippen LogP contribution is 2.07. The van der Waals surface area contributed by atoms with Gasteiger partial charge in [-0.25, -0.2) is 4.98 Å². The average Bonchev–Trinajstić information content (AvgIpc) is 2.68. The predicted octanol–water partition coefficient (Wildman–Crippen LogP) is 0.971.